The zero-order valence-electron chi connectivity index (χ0n) is 10.5. The molecule has 0 spiro atoms. The highest BCUT2D eigenvalue weighted by Crippen LogP contribution is 2.29. The van der Waals surface area contributed by atoms with Crippen LogP contribution in [0.2, 0.25) is 0 Å². The van der Waals surface area contributed by atoms with Gasteiger partial charge in [0.1, 0.15) is 17.5 Å². The molecule has 2 unspecified atom stereocenters. The summed E-state index contributed by atoms with van der Waals surface area (Å²) >= 11 is 0. The Hall–Kier alpha value is -2.59. The van der Waals surface area contributed by atoms with Gasteiger partial charge in [0.25, 0.3) is 5.69 Å². The van der Waals surface area contributed by atoms with E-state index in [0.29, 0.717) is 12.1 Å². The number of nitrogens with zero attached hydrogens (tertiary/aromatic N) is 1. The fourth-order valence-corrected chi connectivity index (χ4v) is 1.53. The van der Waals surface area contributed by atoms with Crippen LogP contribution in [-0.4, -0.2) is 45.4 Å². The summed E-state index contributed by atoms with van der Waals surface area (Å²) in [6.45, 7) is 0. The lowest BCUT2D eigenvalue weighted by Gasteiger charge is -2.15. The number of halogens is 1. The summed E-state index contributed by atoms with van der Waals surface area (Å²) in [6.07, 6.45) is -4.63. The second-order valence-corrected chi connectivity index (χ2v) is 3.87. The van der Waals surface area contributed by atoms with Gasteiger partial charge in [-0.25, -0.2) is 14.0 Å². The van der Waals surface area contributed by atoms with Crippen molar-refractivity contribution in [3.05, 3.63) is 39.2 Å². The highest BCUT2D eigenvalue weighted by Gasteiger charge is 2.32. The molecule has 0 heterocycles. The number of methoxy groups -OCH3 is 1. The van der Waals surface area contributed by atoms with Crippen LogP contribution >= 0.6 is 0 Å². The lowest BCUT2D eigenvalue weighted by Crippen LogP contribution is -2.28. The number of ether oxygens (including phenoxy) is 1. The van der Waals surface area contributed by atoms with Crippen molar-refractivity contribution in [3.8, 4) is 0 Å². The molecule has 10 heteroatoms. The molecule has 0 bridgehead atoms. The monoisotopic (exact) mass is 303 g/mol. The maximum atomic E-state index is 13.8. The molecule has 2 atom stereocenters. The number of nitro benzene ring substituents is 1. The molecular formula is C11H10FNO8. The molecule has 0 aliphatic rings. The average Bonchev–Trinajstić information content (AvgIpc) is 2.43. The van der Waals surface area contributed by atoms with E-state index in [1.54, 1.807) is 0 Å². The fraction of sp³-hybridized carbons (Fsp3) is 0.273. The standard InChI is InChI=1S/C11H10FNO8/c1-21-11(18)5-2-6(12)4(3-7(5)13(19)20)8(14)9(15)10(16)17/h2-3,8-9,14-15H,1H3,(H,16,17). The molecule has 9 nitrogen and oxygen atoms in total. The van der Waals surface area contributed by atoms with E-state index in [-0.39, 0.29) is 0 Å². The molecule has 0 fully saturated rings. The van der Waals surface area contributed by atoms with Crippen molar-refractivity contribution in [1.29, 1.82) is 0 Å². The molecule has 0 saturated heterocycles. The zero-order valence-corrected chi connectivity index (χ0v) is 10.5. The molecule has 0 saturated carbocycles. The summed E-state index contributed by atoms with van der Waals surface area (Å²) in [4.78, 5) is 31.7. The summed E-state index contributed by atoms with van der Waals surface area (Å²) in [7, 11) is 0.931. The molecule has 21 heavy (non-hydrogen) atoms. The Labute approximate surface area is 116 Å². The molecular weight excluding hydrogens is 293 g/mol. The van der Waals surface area contributed by atoms with Gasteiger partial charge in [-0.3, -0.25) is 10.1 Å². The van der Waals surface area contributed by atoms with Crippen molar-refractivity contribution < 1.29 is 39.0 Å². The Kier molecular flexibility index (Phi) is 4.89. The number of carboxylic acid groups (broad SMARTS) is 1. The topological polar surface area (TPSA) is 147 Å². The molecule has 1 aromatic carbocycles. The van der Waals surface area contributed by atoms with E-state index in [1.807, 2.05) is 0 Å². The average molecular weight is 303 g/mol. The number of benzene rings is 1. The third kappa shape index (κ3) is 3.30. The second kappa shape index (κ2) is 6.24. The van der Waals surface area contributed by atoms with Crippen molar-refractivity contribution in [2.45, 2.75) is 12.2 Å². The number of rotatable bonds is 5. The Morgan fingerprint density at radius 2 is 1.95 bits per heavy atom. The normalized spacial score (nSPS) is 13.3. The van der Waals surface area contributed by atoms with Gasteiger partial charge in [-0.2, -0.15) is 0 Å². The van der Waals surface area contributed by atoms with Crippen LogP contribution in [0.4, 0.5) is 10.1 Å². The Balaban J connectivity index is 3.44. The van der Waals surface area contributed by atoms with E-state index in [1.165, 1.54) is 0 Å². The maximum absolute atomic E-state index is 13.8. The smallest absolute Gasteiger partial charge is 0.344 e. The Morgan fingerprint density at radius 3 is 2.38 bits per heavy atom. The number of carbonyl (C=O) groups is 2. The number of hydrogen-bond donors (Lipinski definition) is 3. The van der Waals surface area contributed by atoms with E-state index in [4.69, 9.17) is 10.2 Å². The summed E-state index contributed by atoms with van der Waals surface area (Å²) in [5, 5.41) is 38.0. The van der Waals surface area contributed by atoms with Crippen LogP contribution in [0.15, 0.2) is 12.1 Å². The first-order valence-corrected chi connectivity index (χ1v) is 5.35. The first kappa shape index (κ1) is 16.5. The van der Waals surface area contributed by atoms with E-state index in [0.717, 1.165) is 7.11 Å². The molecule has 1 aromatic rings. The highest BCUT2D eigenvalue weighted by atomic mass is 19.1. The van der Waals surface area contributed by atoms with E-state index >= 15 is 0 Å². The zero-order chi connectivity index (χ0) is 16.3. The minimum absolute atomic E-state index is 0.428. The molecule has 0 aromatic heterocycles. The highest BCUT2D eigenvalue weighted by molar-refractivity contribution is 5.94. The van der Waals surface area contributed by atoms with Crippen molar-refractivity contribution in [1.82, 2.24) is 0 Å². The Morgan fingerprint density at radius 1 is 1.38 bits per heavy atom. The predicted octanol–water partition coefficient (Wildman–Crippen LogP) is -0.000600. The first-order valence-electron chi connectivity index (χ1n) is 5.35. The third-order valence-electron chi connectivity index (χ3n) is 2.59. The van der Waals surface area contributed by atoms with Gasteiger partial charge in [0.2, 0.25) is 0 Å². The fourth-order valence-electron chi connectivity index (χ4n) is 1.53. The number of aliphatic hydroxyl groups is 2. The van der Waals surface area contributed by atoms with Gasteiger partial charge < -0.3 is 20.1 Å². The maximum Gasteiger partial charge on any atom is 0.344 e. The number of carbonyl (C=O) groups excluding carboxylic acids is 1. The van der Waals surface area contributed by atoms with Gasteiger partial charge in [-0.15, -0.1) is 0 Å². The lowest BCUT2D eigenvalue weighted by atomic mass is 10.0. The number of aliphatic hydroxyl groups excluding tert-OH is 2. The number of nitro groups is 1. The van der Waals surface area contributed by atoms with E-state index < -0.39 is 51.7 Å². The lowest BCUT2D eigenvalue weighted by molar-refractivity contribution is -0.385. The van der Waals surface area contributed by atoms with Crippen molar-refractivity contribution in [2.75, 3.05) is 7.11 Å². The number of aliphatic carboxylic acids is 1. The van der Waals surface area contributed by atoms with Crippen LogP contribution < -0.4 is 0 Å². The van der Waals surface area contributed by atoms with Gasteiger partial charge in [0, 0.05) is 11.6 Å². The summed E-state index contributed by atoms with van der Waals surface area (Å²) < 4.78 is 18.0. The SMILES string of the molecule is COC(=O)c1cc(F)c(C(O)C(O)C(=O)O)cc1[N+](=O)[O-]. The quantitative estimate of drug-likeness (QED) is 0.391. The van der Waals surface area contributed by atoms with Crippen LogP contribution in [0.1, 0.15) is 22.0 Å². The number of esters is 1. The van der Waals surface area contributed by atoms with Crippen molar-refractivity contribution in [2.24, 2.45) is 0 Å². The largest absolute Gasteiger partial charge is 0.479 e. The van der Waals surface area contributed by atoms with Gasteiger partial charge in [0.15, 0.2) is 6.10 Å². The minimum atomic E-state index is -2.39. The molecule has 0 amide bonds. The summed E-state index contributed by atoms with van der Waals surface area (Å²) in [6, 6.07) is 0.898. The summed E-state index contributed by atoms with van der Waals surface area (Å²) in [5.41, 5.74) is -2.43. The minimum Gasteiger partial charge on any atom is -0.479 e. The van der Waals surface area contributed by atoms with Crippen LogP contribution in [0.25, 0.3) is 0 Å². The third-order valence-corrected chi connectivity index (χ3v) is 2.59. The van der Waals surface area contributed by atoms with Crippen LogP contribution in [0.5, 0.6) is 0 Å². The predicted molar refractivity (Wildman–Crippen MR) is 63.0 cm³/mol. The number of hydrogen-bond acceptors (Lipinski definition) is 7. The Bertz CT molecular complexity index is 602. The van der Waals surface area contributed by atoms with E-state index in [9.17, 15) is 29.2 Å². The number of carboxylic acids is 1. The van der Waals surface area contributed by atoms with Crippen LogP contribution in [-0.2, 0) is 9.53 Å². The molecule has 1 rings (SSSR count). The van der Waals surface area contributed by atoms with E-state index in [2.05, 4.69) is 4.74 Å². The van der Waals surface area contributed by atoms with Crippen LogP contribution in [0, 0.1) is 15.9 Å². The van der Waals surface area contributed by atoms with Gasteiger partial charge in [0.05, 0.1) is 12.0 Å². The molecule has 0 aliphatic carbocycles. The molecule has 114 valence electrons. The molecule has 0 radical (unpaired) electrons. The second-order valence-electron chi connectivity index (χ2n) is 3.87. The van der Waals surface area contributed by atoms with Gasteiger partial charge in [-0.1, -0.05) is 0 Å². The van der Waals surface area contributed by atoms with Crippen molar-refractivity contribution >= 4 is 17.6 Å². The van der Waals surface area contributed by atoms with Gasteiger partial charge >= 0.3 is 11.9 Å². The first-order chi connectivity index (χ1) is 9.70. The van der Waals surface area contributed by atoms with Crippen LogP contribution in [0.3, 0.4) is 0 Å². The van der Waals surface area contributed by atoms with Gasteiger partial charge in [-0.05, 0) is 6.07 Å². The molecule has 0 aliphatic heterocycles. The summed E-state index contributed by atoms with van der Waals surface area (Å²) in [5.74, 6) is -4.32. The molecule has 3 N–H and O–H groups in total. The van der Waals surface area contributed by atoms with Crippen molar-refractivity contribution in [3.63, 3.8) is 0 Å².